The van der Waals surface area contributed by atoms with Crippen LogP contribution in [0.3, 0.4) is 0 Å². The van der Waals surface area contributed by atoms with Gasteiger partial charge in [0.1, 0.15) is 29.2 Å². The minimum Gasteiger partial charge on any atom is -0.478 e. The highest BCUT2D eigenvalue weighted by molar-refractivity contribution is 5.94. The Balaban J connectivity index is 2.46. The number of carbonyl (C=O) groups is 1. The van der Waals surface area contributed by atoms with Gasteiger partial charge in [0.25, 0.3) is 5.69 Å². The van der Waals surface area contributed by atoms with E-state index in [0.29, 0.717) is 0 Å². The summed E-state index contributed by atoms with van der Waals surface area (Å²) in [6, 6.07) is 3.32. The summed E-state index contributed by atoms with van der Waals surface area (Å²) in [5, 5.41) is 21.9. The van der Waals surface area contributed by atoms with E-state index in [0.717, 1.165) is 30.5 Å². The minimum absolute atomic E-state index is 0.334. The van der Waals surface area contributed by atoms with Gasteiger partial charge in [-0.15, -0.1) is 0 Å². The van der Waals surface area contributed by atoms with E-state index >= 15 is 0 Å². The average molecular weight is 295 g/mol. The van der Waals surface area contributed by atoms with E-state index in [1.807, 2.05) is 0 Å². The molecule has 1 heterocycles. The number of benzene rings is 1. The maximum atomic E-state index is 13.5. The molecule has 2 rings (SSSR count). The Bertz CT molecular complexity index is 736. The fraction of sp³-hybridized carbons (Fsp3) is 0. The summed E-state index contributed by atoms with van der Waals surface area (Å²) in [6.45, 7) is 0. The number of carboxylic acid groups (broad SMARTS) is 1. The van der Waals surface area contributed by atoms with Crippen molar-refractivity contribution < 1.29 is 23.6 Å². The van der Waals surface area contributed by atoms with Crippen molar-refractivity contribution in [3.63, 3.8) is 0 Å². The highest BCUT2D eigenvalue weighted by Crippen LogP contribution is 2.24. The van der Waals surface area contributed by atoms with Crippen LogP contribution >= 0.6 is 0 Å². The molecule has 0 spiro atoms. The summed E-state index contributed by atoms with van der Waals surface area (Å²) < 4.78 is 26.5. The average Bonchev–Trinajstić information content (AvgIpc) is 2.42. The number of halogens is 2. The van der Waals surface area contributed by atoms with Gasteiger partial charge >= 0.3 is 5.97 Å². The first kappa shape index (κ1) is 14.3. The van der Waals surface area contributed by atoms with E-state index < -0.39 is 33.8 Å². The molecule has 0 radical (unpaired) electrons. The number of nitrogens with one attached hydrogen (secondary N) is 1. The molecule has 0 aliphatic rings. The minimum atomic E-state index is -1.49. The fourth-order valence-corrected chi connectivity index (χ4v) is 1.54. The maximum Gasteiger partial charge on any atom is 0.339 e. The standard InChI is InChI=1S/C12H7F2N3O4/c13-6-1-2-9(14)10(3-6)16-11-8(12(18)19)4-7(5-15-11)17(20)21/h1-5H,(H,15,16)(H,18,19). The number of nitrogens with zero attached hydrogens (tertiary/aromatic N) is 2. The van der Waals surface area contributed by atoms with Gasteiger partial charge in [-0.05, 0) is 12.1 Å². The second kappa shape index (κ2) is 5.49. The Kier molecular flexibility index (Phi) is 3.74. The molecule has 0 amide bonds. The van der Waals surface area contributed by atoms with Crippen molar-refractivity contribution in [3.05, 3.63) is 57.8 Å². The predicted octanol–water partition coefficient (Wildman–Crippen LogP) is 2.71. The number of anilines is 2. The lowest BCUT2D eigenvalue weighted by molar-refractivity contribution is -0.385. The second-order valence-corrected chi connectivity index (χ2v) is 3.90. The fourth-order valence-electron chi connectivity index (χ4n) is 1.54. The van der Waals surface area contributed by atoms with Crippen molar-refractivity contribution in [1.82, 2.24) is 4.98 Å². The van der Waals surface area contributed by atoms with Crippen molar-refractivity contribution in [3.8, 4) is 0 Å². The third kappa shape index (κ3) is 3.08. The monoisotopic (exact) mass is 295 g/mol. The van der Waals surface area contributed by atoms with Gasteiger partial charge in [0, 0.05) is 12.1 Å². The van der Waals surface area contributed by atoms with Crippen molar-refractivity contribution in [1.29, 1.82) is 0 Å². The van der Waals surface area contributed by atoms with Crippen LogP contribution in [0.15, 0.2) is 30.5 Å². The zero-order valence-corrected chi connectivity index (χ0v) is 10.2. The van der Waals surface area contributed by atoms with Gasteiger partial charge in [0.05, 0.1) is 10.6 Å². The van der Waals surface area contributed by atoms with Crippen LogP contribution < -0.4 is 5.32 Å². The van der Waals surface area contributed by atoms with E-state index in [4.69, 9.17) is 5.11 Å². The normalized spacial score (nSPS) is 10.2. The molecule has 0 aliphatic carbocycles. The van der Waals surface area contributed by atoms with Crippen LogP contribution in [0.5, 0.6) is 0 Å². The molecule has 0 unspecified atom stereocenters. The zero-order valence-electron chi connectivity index (χ0n) is 10.2. The molecule has 1 aromatic heterocycles. The molecule has 2 N–H and O–H groups in total. The first-order valence-electron chi connectivity index (χ1n) is 5.48. The number of hydrogen-bond acceptors (Lipinski definition) is 5. The maximum absolute atomic E-state index is 13.5. The Morgan fingerprint density at radius 1 is 1.33 bits per heavy atom. The summed E-state index contributed by atoms with van der Waals surface area (Å²) in [5.41, 5.74) is -1.40. The molecular formula is C12H7F2N3O4. The number of hydrogen-bond donors (Lipinski definition) is 2. The Labute approximate surface area is 116 Å². The SMILES string of the molecule is O=C(O)c1cc([N+](=O)[O-])cnc1Nc1cc(F)ccc1F. The summed E-state index contributed by atoms with van der Waals surface area (Å²) in [5.74, 6) is -3.39. The molecule has 1 aromatic carbocycles. The van der Waals surface area contributed by atoms with Crippen LogP contribution in [-0.4, -0.2) is 21.0 Å². The van der Waals surface area contributed by atoms with Gasteiger partial charge in [0.15, 0.2) is 0 Å². The smallest absolute Gasteiger partial charge is 0.339 e. The summed E-state index contributed by atoms with van der Waals surface area (Å²) in [7, 11) is 0. The quantitative estimate of drug-likeness (QED) is 0.663. The first-order valence-corrected chi connectivity index (χ1v) is 5.48. The van der Waals surface area contributed by atoms with E-state index in [2.05, 4.69) is 10.3 Å². The number of aromatic nitrogens is 1. The lowest BCUT2D eigenvalue weighted by atomic mass is 10.2. The van der Waals surface area contributed by atoms with E-state index in [1.165, 1.54) is 0 Å². The molecule has 0 saturated carbocycles. The third-order valence-corrected chi connectivity index (χ3v) is 2.50. The predicted molar refractivity (Wildman–Crippen MR) is 67.5 cm³/mol. The Hall–Kier alpha value is -3.10. The zero-order chi connectivity index (χ0) is 15.6. The lowest BCUT2D eigenvalue weighted by Gasteiger charge is -2.09. The third-order valence-electron chi connectivity index (χ3n) is 2.50. The molecule has 0 fully saturated rings. The van der Waals surface area contributed by atoms with E-state index in [9.17, 15) is 23.7 Å². The first-order chi connectivity index (χ1) is 9.88. The van der Waals surface area contributed by atoms with Crippen LogP contribution in [0.25, 0.3) is 0 Å². The van der Waals surface area contributed by atoms with Gasteiger partial charge < -0.3 is 10.4 Å². The lowest BCUT2D eigenvalue weighted by Crippen LogP contribution is -2.07. The van der Waals surface area contributed by atoms with Crippen LogP contribution in [0.4, 0.5) is 26.0 Å². The molecular weight excluding hydrogens is 288 g/mol. The van der Waals surface area contributed by atoms with Crippen LogP contribution in [0.1, 0.15) is 10.4 Å². The number of pyridine rings is 1. The Morgan fingerprint density at radius 2 is 2.05 bits per heavy atom. The van der Waals surface area contributed by atoms with Crippen molar-refractivity contribution in [2.45, 2.75) is 0 Å². The molecule has 7 nitrogen and oxygen atoms in total. The molecule has 0 saturated heterocycles. The van der Waals surface area contributed by atoms with Gasteiger partial charge in [-0.1, -0.05) is 0 Å². The molecule has 0 bridgehead atoms. The molecule has 2 aromatic rings. The van der Waals surface area contributed by atoms with Crippen LogP contribution in [-0.2, 0) is 0 Å². The van der Waals surface area contributed by atoms with E-state index in [1.54, 1.807) is 0 Å². The van der Waals surface area contributed by atoms with E-state index in [-0.39, 0.29) is 11.5 Å². The van der Waals surface area contributed by atoms with Crippen LogP contribution in [0, 0.1) is 21.7 Å². The van der Waals surface area contributed by atoms with Gasteiger partial charge in [0.2, 0.25) is 0 Å². The molecule has 9 heteroatoms. The molecule has 0 aliphatic heterocycles. The van der Waals surface area contributed by atoms with Crippen molar-refractivity contribution in [2.75, 3.05) is 5.32 Å². The largest absolute Gasteiger partial charge is 0.478 e. The second-order valence-electron chi connectivity index (χ2n) is 3.90. The van der Waals surface area contributed by atoms with Gasteiger partial charge in [-0.25, -0.2) is 18.6 Å². The summed E-state index contributed by atoms with van der Waals surface area (Å²) in [6.07, 6.45) is 0.811. The molecule has 0 atom stereocenters. The topological polar surface area (TPSA) is 105 Å². The highest BCUT2D eigenvalue weighted by Gasteiger charge is 2.18. The van der Waals surface area contributed by atoms with Crippen LogP contribution in [0.2, 0.25) is 0 Å². The highest BCUT2D eigenvalue weighted by atomic mass is 19.1. The Morgan fingerprint density at radius 3 is 2.67 bits per heavy atom. The molecule has 108 valence electrons. The van der Waals surface area contributed by atoms with Gasteiger partial charge in [-0.3, -0.25) is 10.1 Å². The molecule has 21 heavy (non-hydrogen) atoms. The van der Waals surface area contributed by atoms with Crippen molar-refractivity contribution >= 4 is 23.2 Å². The summed E-state index contributed by atoms with van der Waals surface area (Å²) in [4.78, 5) is 24.4. The van der Waals surface area contributed by atoms with Crippen molar-refractivity contribution in [2.24, 2.45) is 0 Å². The number of nitro groups is 1. The van der Waals surface area contributed by atoms with Gasteiger partial charge in [-0.2, -0.15) is 0 Å². The number of carboxylic acids is 1. The summed E-state index contributed by atoms with van der Waals surface area (Å²) >= 11 is 0. The number of rotatable bonds is 4. The number of aromatic carboxylic acids is 1.